The van der Waals surface area contributed by atoms with Crippen molar-refractivity contribution in [3.63, 3.8) is 0 Å². The molecule has 4 rings (SSSR count). The first kappa shape index (κ1) is 20.3. The summed E-state index contributed by atoms with van der Waals surface area (Å²) in [5.41, 5.74) is 5.34. The van der Waals surface area contributed by atoms with E-state index < -0.39 is 5.97 Å². The molecule has 0 atom stereocenters. The molecule has 0 unspecified atom stereocenters. The van der Waals surface area contributed by atoms with Crippen LogP contribution in [0, 0.1) is 6.92 Å². The average molecular weight is 418 g/mol. The first-order valence-electron chi connectivity index (χ1n) is 9.58. The number of fused-ring (bicyclic) bond motifs is 1. The Labute approximate surface area is 179 Å². The van der Waals surface area contributed by atoms with Crippen LogP contribution in [0.1, 0.15) is 15.9 Å². The minimum absolute atomic E-state index is 0.292. The topological polar surface area (TPSA) is 93.7 Å². The Morgan fingerprint density at radius 1 is 0.935 bits per heavy atom. The van der Waals surface area contributed by atoms with E-state index in [0.29, 0.717) is 28.4 Å². The molecule has 31 heavy (non-hydrogen) atoms. The van der Waals surface area contributed by atoms with Gasteiger partial charge in [0.15, 0.2) is 11.5 Å². The van der Waals surface area contributed by atoms with Gasteiger partial charge >= 0.3 is 5.97 Å². The molecule has 0 saturated carbocycles. The number of hydrogen-bond donors (Lipinski definition) is 2. The van der Waals surface area contributed by atoms with Crippen molar-refractivity contribution in [3.05, 3.63) is 59.9 Å². The van der Waals surface area contributed by atoms with E-state index >= 15 is 0 Å². The van der Waals surface area contributed by atoms with Crippen molar-refractivity contribution in [2.24, 2.45) is 0 Å². The van der Waals surface area contributed by atoms with Crippen LogP contribution in [0.15, 0.2) is 48.8 Å². The van der Waals surface area contributed by atoms with Gasteiger partial charge in [0.1, 0.15) is 5.65 Å². The van der Waals surface area contributed by atoms with Gasteiger partial charge in [-0.15, -0.1) is 0 Å². The second kappa shape index (κ2) is 8.02. The number of hydrogen-bond acceptors (Lipinski definition) is 5. The summed E-state index contributed by atoms with van der Waals surface area (Å²) in [5, 5.41) is 10.2. The van der Waals surface area contributed by atoms with Gasteiger partial charge in [0.25, 0.3) is 0 Å². The maximum atomic E-state index is 11.3. The Morgan fingerprint density at radius 2 is 1.65 bits per heavy atom. The second-order valence-corrected chi connectivity index (χ2v) is 7.07. The first-order valence-corrected chi connectivity index (χ1v) is 9.58. The van der Waals surface area contributed by atoms with Crippen molar-refractivity contribution < 1.29 is 24.1 Å². The van der Waals surface area contributed by atoms with Gasteiger partial charge < -0.3 is 24.3 Å². The van der Waals surface area contributed by atoms with Crippen molar-refractivity contribution in [3.8, 4) is 39.5 Å². The number of benzene rings is 2. The number of carboxylic acids is 1. The molecule has 0 amide bonds. The molecule has 0 aliphatic carbocycles. The summed E-state index contributed by atoms with van der Waals surface area (Å²) in [6, 6.07) is 11.1. The smallest absolute Gasteiger partial charge is 0.335 e. The van der Waals surface area contributed by atoms with Gasteiger partial charge in [0, 0.05) is 28.9 Å². The second-order valence-electron chi connectivity index (χ2n) is 7.07. The van der Waals surface area contributed by atoms with Gasteiger partial charge in [-0.25, -0.2) is 9.78 Å². The van der Waals surface area contributed by atoms with Gasteiger partial charge in [-0.1, -0.05) is 12.1 Å². The molecule has 4 aromatic rings. The third kappa shape index (κ3) is 3.54. The zero-order valence-electron chi connectivity index (χ0n) is 17.6. The number of aromatic nitrogens is 2. The molecule has 0 aliphatic heterocycles. The molecule has 0 radical (unpaired) electrons. The summed E-state index contributed by atoms with van der Waals surface area (Å²) >= 11 is 0. The molecular weight excluding hydrogens is 396 g/mol. The van der Waals surface area contributed by atoms with E-state index in [0.717, 1.165) is 33.3 Å². The number of nitrogens with one attached hydrogen (secondary N) is 1. The first-order chi connectivity index (χ1) is 15.0. The number of rotatable bonds is 6. The lowest BCUT2D eigenvalue weighted by molar-refractivity contribution is 0.0696. The number of carboxylic acid groups (broad SMARTS) is 1. The van der Waals surface area contributed by atoms with Crippen LogP contribution in [0.5, 0.6) is 17.2 Å². The van der Waals surface area contributed by atoms with E-state index in [1.54, 1.807) is 40.5 Å². The number of carbonyl (C=O) groups is 1. The summed E-state index contributed by atoms with van der Waals surface area (Å²) in [4.78, 5) is 19.1. The van der Waals surface area contributed by atoms with Gasteiger partial charge in [-0.05, 0) is 47.9 Å². The standard InChI is InChI=1S/C24H22N2O5/c1-13-7-14(5-6-17(13)24(27)28)19-12-26-23-18(19)8-16(11-25-23)15-9-20(29-2)22(31-4)21(10-15)30-3/h5-12H,1-4H3,(H,25,26)(H,27,28). The van der Waals surface area contributed by atoms with Crippen LogP contribution in [0.2, 0.25) is 0 Å². The van der Waals surface area contributed by atoms with Crippen LogP contribution >= 0.6 is 0 Å². The summed E-state index contributed by atoms with van der Waals surface area (Å²) in [6.45, 7) is 1.79. The fourth-order valence-corrected chi connectivity index (χ4v) is 3.72. The highest BCUT2D eigenvalue weighted by atomic mass is 16.5. The average Bonchev–Trinajstić information content (AvgIpc) is 3.20. The van der Waals surface area contributed by atoms with Crippen molar-refractivity contribution in [1.82, 2.24) is 9.97 Å². The summed E-state index contributed by atoms with van der Waals surface area (Å²) < 4.78 is 16.4. The van der Waals surface area contributed by atoms with Crippen LogP contribution in [0.3, 0.4) is 0 Å². The number of pyridine rings is 1. The Hall–Kier alpha value is -4.00. The maximum absolute atomic E-state index is 11.3. The summed E-state index contributed by atoms with van der Waals surface area (Å²) in [7, 11) is 4.73. The van der Waals surface area contributed by atoms with E-state index in [1.165, 1.54) is 0 Å². The lowest BCUT2D eigenvalue weighted by atomic mass is 9.98. The minimum Gasteiger partial charge on any atom is -0.493 e. The lowest BCUT2D eigenvalue weighted by Crippen LogP contribution is -1.99. The van der Waals surface area contributed by atoms with E-state index in [2.05, 4.69) is 9.97 Å². The monoisotopic (exact) mass is 418 g/mol. The van der Waals surface area contributed by atoms with E-state index in [9.17, 15) is 9.90 Å². The Morgan fingerprint density at radius 3 is 2.23 bits per heavy atom. The SMILES string of the molecule is COc1cc(-c2cnc3[nH]cc(-c4ccc(C(=O)O)c(C)c4)c3c2)cc(OC)c1OC. The Balaban J connectivity index is 1.85. The molecule has 2 aromatic carbocycles. The van der Waals surface area contributed by atoms with E-state index in [1.807, 2.05) is 36.5 Å². The number of nitrogens with zero attached hydrogens (tertiary/aromatic N) is 1. The number of H-pyrrole nitrogens is 1. The summed E-state index contributed by atoms with van der Waals surface area (Å²) in [5.74, 6) is 0.714. The van der Waals surface area contributed by atoms with Crippen molar-refractivity contribution >= 4 is 17.0 Å². The highest BCUT2D eigenvalue weighted by molar-refractivity contribution is 5.97. The molecular formula is C24H22N2O5. The van der Waals surface area contributed by atoms with E-state index in [-0.39, 0.29) is 0 Å². The van der Waals surface area contributed by atoms with Crippen LogP contribution in [-0.2, 0) is 0 Å². The molecule has 7 heteroatoms. The molecule has 2 N–H and O–H groups in total. The highest BCUT2D eigenvalue weighted by Gasteiger charge is 2.16. The van der Waals surface area contributed by atoms with Crippen LogP contribution in [0.25, 0.3) is 33.3 Å². The normalized spacial score (nSPS) is 10.8. The third-order valence-electron chi connectivity index (χ3n) is 5.30. The molecule has 0 fully saturated rings. The molecule has 2 aromatic heterocycles. The maximum Gasteiger partial charge on any atom is 0.335 e. The highest BCUT2D eigenvalue weighted by Crippen LogP contribution is 2.42. The van der Waals surface area contributed by atoms with E-state index in [4.69, 9.17) is 14.2 Å². The van der Waals surface area contributed by atoms with Crippen LogP contribution in [0.4, 0.5) is 0 Å². The molecule has 7 nitrogen and oxygen atoms in total. The molecule has 0 bridgehead atoms. The van der Waals surface area contributed by atoms with Gasteiger partial charge in [-0.2, -0.15) is 0 Å². The fraction of sp³-hybridized carbons (Fsp3) is 0.167. The zero-order valence-corrected chi connectivity index (χ0v) is 17.6. The largest absolute Gasteiger partial charge is 0.493 e. The fourth-order valence-electron chi connectivity index (χ4n) is 3.72. The minimum atomic E-state index is -0.936. The predicted octanol–water partition coefficient (Wildman–Crippen LogP) is 4.93. The van der Waals surface area contributed by atoms with Crippen molar-refractivity contribution in [1.29, 1.82) is 0 Å². The number of aromatic amines is 1. The Kier molecular flexibility index (Phi) is 5.25. The number of aryl methyl sites for hydroxylation is 1. The van der Waals surface area contributed by atoms with Gasteiger partial charge in [-0.3, -0.25) is 0 Å². The summed E-state index contributed by atoms with van der Waals surface area (Å²) in [6.07, 6.45) is 3.66. The van der Waals surface area contributed by atoms with Gasteiger partial charge in [0.2, 0.25) is 5.75 Å². The van der Waals surface area contributed by atoms with Crippen molar-refractivity contribution in [2.45, 2.75) is 6.92 Å². The molecule has 2 heterocycles. The third-order valence-corrected chi connectivity index (χ3v) is 5.30. The van der Waals surface area contributed by atoms with Crippen LogP contribution in [-0.4, -0.2) is 42.4 Å². The lowest BCUT2D eigenvalue weighted by Gasteiger charge is -2.14. The number of ether oxygens (including phenoxy) is 3. The molecule has 158 valence electrons. The molecule has 0 aliphatic rings. The molecule has 0 spiro atoms. The molecule has 0 saturated heterocycles. The number of methoxy groups -OCH3 is 3. The van der Waals surface area contributed by atoms with Gasteiger partial charge in [0.05, 0.1) is 26.9 Å². The van der Waals surface area contributed by atoms with Crippen molar-refractivity contribution in [2.75, 3.05) is 21.3 Å². The quantitative estimate of drug-likeness (QED) is 0.461. The zero-order chi connectivity index (χ0) is 22.1. The number of aromatic carboxylic acids is 1. The Bertz CT molecular complexity index is 1270. The predicted molar refractivity (Wildman–Crippen MR) is 118 cm³/mol. The van der Waals surface area contributed by atoms with Crippen LogP contribution < -0.4 is 14.2 Å².